The molecule has 1 atom stereocenters. The van der Waals surface area contributed by atoms with Crippen molar-refractivity contribution in [2.45, 2.75) is 57.9 Å². The first-order chi connectivity index (χ1) is 10.9. The van der Waals surface area contributed by atoms with Gasteiger partial charge in [-0.2, -0.15) is 0 Å². The van der Waals surface area contributed by atoms with E-state index in [1.54, 1.807) is 6.92 Å². The molecule has 128 valence electrons. The molecule has 0 aromatic heterocycles. The normalized spacial score (nSPS) is 35.6. The summed E-state index contributed by atoms with van der Waals surface area (Å²) in [5, 5.41) is 11.9. The fourth-order valence-corrected chi connectivity index (χ4v) is 5.29. The molecular weight excluding hydrogens is 298 g/mol. The predicted molar refractivity (Wildman–Crippen MR) is 81.4 cm³/mol. The van der Waals surface area contributed by atoms with Gasteiger partial charge in [-0.3, -0.25) is 9.59 Å². The zero-order chi connectivity index (χ0) is 16.6. The molecule has 4 aliphatic rings. The van der Waals surface area contributed by atoms with Crippen LogP contribution in [0.1, 0.15) is 51.9 Å². The Hall–Kier alpha value is -1.59. The second kappa shape index (κ2) is 6.13. The van der Waals surface area contributed by atoms with Crippen LogP contribution >= 0.6 is 0 Å². The molecule has 0 aromatic rings. The zero-order valence-corrected chi connectivity index (χ0v) is 13.5. The first kappa shape index (κ1) is 16.3. The first-order valence-corrected chi connectivity index (χ1v) is 8.61. The summed E-state index contributed by atoms with van der Waals surface area (Å²) in [5.41, 5.74) is -0.406. The molecule has 0 aromatic carbocycles. The van der Waals surface area contributed by atoms with Gasteiger partial charge in [0.05, 0.1) is 13.0 Å². The Morgan fingerprint density at radius 3 is 2.09 bits per heavy atom. The minimum Gasteiger partial charge on any atom is -0.480 e. The van der Waals surface area contributed by atoms with Gasteiger partial charge in [0.25, 0.3) is 0 Å². The van der Waals surface area contributed by atoms with E-state index in [1.165, 1.54) is 19.3 Å². The molecule has 4 aliphatic carbocycles. The van der Waals surface area contributed by atoms with Gasteiger partial charge in [-0.15, -0.1) is 0 Å². The summed E-state index contributed by atoms with van der Waals surface area (Å²) < 4.78 is 4.80. The third-order valence-electron chi connectivity index (χ3n) is 5.80. The lowest BCUT2D eigenvalue weighted by molar-refractivity contribution is -0.154. The van der Waals surface area contributed by atoms with Crippen molar-refractivity contribution in [3.05, 3.63) is 0 Å². The van der Waals surface area contributed by atoms with Crippen LogP contribution in [0.4, 0.5) is 0 Å². The van der Waals surface area contributed by atoms with Crippen LogP contribution in [0.25, 0.3) is 0 Å². The van der Waals surface area contributed by atoms with Gasteiger partial charge >= 0.3 is 11.9 Å². The summed E-state index contributed by atoms with van der Waals surface area (Å²) >= 11 is 0. The van der Waals surface area contributed by atoms with E-state index in [4.69, 9.17) is 4.74 Å². The summed E-state index contributed by atoms with van der Waals surface area (Å²) in [6.07, 6.45) is 5.96. The number of esters is 1. The maximum atomic E-state index is 12.8. The number of aliphatic carboxylic acids is 1. The van der Waals surface area contributed by atoms with Crippen molar-refractivity contribution in [2.24, 2.45) is 23.2 Å². The number of carboxylic acids is 1. The van der Waals surface area contributed by atoms with Crippen molar-refractivity contribution >= 4 is 17.8 Å². The smallest absolute Gasteiger partial charge is 0.326 e. The molecule has 0 aliphatic heterocycles. The predicted octanol–water partition coefficient (Wildman–Crippen LogP) is 1.73. The largest absolute Gasteiger partial charge is 0.480 e. The lowest BCUT2D eigenvalue weighted by Crippen LogP contribution is -2.56. The van der Waals surface area contributed by atoms with Crippen molar-refractivity contribution in [1.82, 2.24) is 5.32 Å². The monoisotopic (exact) mass is 323 g/mol. The molecule has 4 fully saturated rings. The fraction of sp³-hybridized carbons (Fsp3) is 0.824. The standard InChI is InChI=1S/C17H25NO5/c1-2-23-14(19)6-13(15(20)21)18-16(22)17-7-10-3-11(8-17)5-12(4-10)9-17/h10-13H,2-9H2,1H3,(H,18,22)(H,20,21)/t10?,11?,12?,13-,17?/m1/s1. The highest BCUT2D eigenvalue weighted by Crippen LogP contribution is 2.60. The first-order valence-electron chi connectivity index (χ1n) is 8.61. The molecule has 4 bridgehead atoms. The van der Waals surface area contributed by atoms with Gasteiger partial charge in [0.2, 0.25) is 5.91 Å². The molecule has 0 unspecified atom stereocenters. The molecule has 0 radical (unpaired) electrons. The van der Waals surface area contributed by atoms with Crippen LogP contribution in [0.5, 0.6) is 0 Å². The van der Waals surface area contributed by atoms with E-state index in [2.05, 4.69) is 5.32 Å². The molecule has 23 heavy (non-hydrogen) atoms. The molecule has 4 rings (SSSR count). The van der Waals surface area contributed by atoms with Gasteiger partial charge in [0, 0.05) is 5.41 Å². The van der Waals surface area contributed by atoms with Crippen molar-refractivity contribution in [3.63, 3.8) is 0 Å². The minimum atomic E-state index is -1.20. The number of amides is 1. The molecule has 6 heteroatoms. The topological polar surface area (TPSA) is 92.7 Å². The van der Waals surface area contributed by atoms with E-state index in [-0.39, 0.29) is 18.9 Å². The maximum Gasteiger partial charge on any atom is 0.326 e. The number of hydrogen-bond acceptors (Lipinski definition) is 4. The van der Waals surface area contributed by atoms with E-state index in [9.17, 15) is 19.5 Å². The zero-order valence-electron chi connectivity index (χ0n) is 13.5. The SMILES string of the molecule is CCOC(=O)C[C@@H](NC(=O)C12CC3CC(CC(C3)C1)C2)C(=O)O. The van der Waals surface area contributed by atoms with Gasteiger partial charge in [-0.1, -0.05) is 0 Å². The van der Waals surface area contributed by atoms with Gasteiger partial charge < -0.3 is 15.2 Å². The van der Waals surface area contributed by atoms with Crippen LogP contribution in [0.3, 0.4) is 0 Å². The summed E-state index contributed by atoms with van der Waals surface area (Å²) in [6.45, 7) is 1.87. The van der Waals surface area contributed by atoms with Gasteiger partial charge in [0.15, 0.2) is 0 Å². The Kier molecular flexibility index (Phi) is 4.34. The molecular formula is C17H25NO5. The van der Waals surface area contributed by atoms with Gasteiger partial charge in [0.1, 0.15) is 6.04 Å². The van der Waals surface area contributed by atoms with Crippen LogP contribution in [-0.2, 0) is 19.1 Å². The number of carboxylic acid groups (broad SMARTS) is 1. The van der Waals surface area contributed by atoms with E-state index < -0.39 is 23.4 Å². The molecule has 0 spiro atoms. The van der Waals surface area contributed by atoms with Gasteiger partial charge in [-0.25, -0.2) is 4.79 Å². The summed E-state index contributed by atoms with van der Waals surface area (Å²) in [7, 11) is 0. The average molecular weight is 323 g/mol. The Labute approximate surface area is 136 Å². The van der Waals surface area contributed by atoms with E-state index in [0.29, 0.717) is 17.8 Å². The minimum absolute atomic E-state index is 0.173. The van der Waals surface area contributed by atoms with Crippen molar-refractivity contribution in [1.29, 1.82) is 0 Å². The molecule has 0 saturated heterocycles. The highest BCUT2D eigenvalue weighted by atomic mass is 16.5. The number of carbonyl (C=O) groups is 3. The molecule has 0 heterocycles. The molecule has 2 N–H and O–H groups in total. The van der Waals surface area contributed by atoms with Crippen LogP contribution in [0, 0.1) is 23.2 Å². The Balaban J connectivity index is 1.67. The second-order valence-corrected chi connectivity index (χ2v) is 7.57. The number of carbonyl (C=O) groups excluding carboxylic acids is 2. The van der Waals surface area contributed by atoms with Crippen molar-refractivity contribution in [2.75, 3.05) is 6.61 Å². The highest BCUT2D eigenvalue weighted by molar-refractivity contribution is 5.90. The Bertz CT molecular complexity index is 480. The number of nitrogens with one attached hydrogen (secondary N) is 1. The lowest BCUT2D eigenvalue weighted by atomic mass is 9.49. The lowest BCUT2D eigenvalue weighted by Gasteiger charge is -2.55. The van der Waals surface area contributed by atoms with E-state index in [0.717, 1.165) is 19.3 Å². The van der Waals surface area contributed by atoms with Crippen molar-refractivity contribution in [3.8, 4) is 0 Å². The number of rotatable bonds is 6. The molecule has 1 amide bonds. The fourth-order valence-electron chi connectivity index (χ4n) is 5.29. The summed E-state index contributed by atoms with van der Waals surface area (Å²) in [5.74, 6) is -0.115. The van der Waals surface area contributed by atoms with Gasteiger partial charge in [-0.05, 0) is 63.2 Å². The summed E-state index contributed by atoms with van der Waals surface area (Å²) in [6, 6.07) is -1.20. The third kappa shape index (κ3) is 3.21. The summed E-state index contributed by atoms with van der Waals surface area (Å²) in [4.78, 5) is 35.8. The van der Waals surface area contributed by atoms with Crippen LogP contribution < -0.4 is 5.32 Å². The van der Waals surface area contributed by atoms with E-state index >= 15 is 0 Å². The quantitative estimate of drug-likeness (QED) is 0.726. The second-order valence-electron chi connectivity index (χ2n) is 7.57. The highest BCUT2D eigenvalue weighted by Gasteiger charge is 2.55. The number of hydrogen-bond donors (Lipinski definition) is 2. The van der Waals surface area contributed by atoms with Crippen LogP contribution in [0.15, 0.2) is 0 Å². The average Bonchev–Trinajstić information content (AvgIpc) is 2.45. The molecule has 6 nitrogen and oxygen atoms in total. The maximum absolute atomic E-state index is 12.8. The van der Waals surface area contributed by atoms with Crippen LogP contribution in [0.2, 0.25) is 0 Å². The Morgan fingerprint density at radius 2 is 1.65 bits per heavy atom. The van der Waals surface area contributed by atoms with E-state index in [1.807, 2.05) is 0 Å². The van der Waals surface area contributed by atoms with Crippen LogP contribution in [-0.4, -0.2) is 35.6 Å². The third-order valence-corrected chi connectivity index (χ3v) is 5.80. The Morgan fingerprint density at radius 1 is 1.13 bits per heavy atom. The molecule has 4 saturated carbocycles. The van der Waals surface area contributed by atoms with Crippen molar-refractivity contribution < 1.29 is 24.2 Å². The number of ether oxygens (including phenoxy) is 1.